The van der Waals surface area contributed by atoms with Crippen LogP contribution >= 0.6 is 11.6 Å². The highest BCUT2D eigenvalue weighted by Crippen LogP contribution is 2.26. The highest BCUT2D eigenvalue weighted by molar-refractivity contribution is 6.31. The van der Waals surface area contributed by atoms with Crippen molar-refractivity contribution in [1.29, 1.82) is 0 Å². The van der Waals surface area contributed by atoms with Gasteiger partial charge in [-0.15, -0.1) is 0 Å². The molecule has 1 atom stereocenters. The Bertz CT molecular complexity index is 395. The molecule has 0 fully saturated rings. The summed E-state index contributed by atoms with van der Waals surface area (Å²) in [6.45, 7) is 7.32. The minimum Gasteiger partial charge on any atom is -0.382 e. The summed E-state index contributed by atoms with van der Waals surface area (Å²) >= 11 is 6.14. The van der Waals surface area contributed by atoms with Crippen LogP contribution in [-0.4, -0.2) is 25.8 Å². The molecule has 0 aromatic heterocycles. The van der Waals surface area contributed by atoms with E-state index in [1.807, 2.05) is 25.1 Å². The van der Waals surface area contributed by atoms with Gasteiger partial charge in [-0.3, -0.25) is 0 Å². The average molecular weight is 271 g/mol. The monoisotopic (exact) mass is 270 g/mol. The lowest BCUT2D eigenvalue weighted by molar-refractivity contribution is 0.121. The largest absolute Gasteiger partial charge is 0.382 e. The van der Waals surface area contributed by atoms with E-state index in [-0.39, 0.29) is 5.54 Å². The van der Waals surface area contributed by atoms with Crippen LogP contribution < -0.4 is 11.1 Å². The highest BCUT2D eigenvalue weighted by Gasteiger charge is 2.32. The van der Waals surface area contributed by atoms with Crippen molar-refractivity contribution in [2.45, 2.75) is 26.3 Å². The molecule has 3 nitrogen and oxygen atoms in total. The molecule has 0 aliphatic rings. The number of hydrogen-bond acceptors (Lipinski definition) is 3. The molecule has 1 aromatic carbocycles. The molecule has 18 heavy (non-hydrogen) atoms. The molecule has 1 aromatic rings. The van der Waals surface area contributed by atoms with Crippen molar-refractivity contribution in [3.63, 3.8) is 0 Å². The molecule has 0 spiro atoms. The first kappa shape index (κ1) is 15.3. The summed E-state index contributed by atoms with van der Waals surface area (Å²) in [4.78, 5) is 0. The first-order valence-electron chi connectivity index (χ1n) is 6.18. The van der Waals surface area contributed by atoms with Gasteiger partial charge in [-0.25, -0.2) is 0 Å². The van der Waals surface area contributed by atoms with E-state index >= 15 is 0 Å². The molecule has 1 unspecified atom stereocenters. The van der Waals surface area contributed by atoms with Gasteiger partial charge in [0, 0.05) is 24.4 Å². The number of aryl methyl sites for hydroxylation is 1. The Hall–Kier alpha value is -0.770. The third kappa shape index (κ3) is 3.37. The normalized spacial score (nSPS) is 14.6. The second kappa shape index (κ2) is 6.41. The standard InChI is InChI=1S/C14H23ClN2O/c1-10(2)14(8-16,9-18-4)17-12-6-5-11(3)13(15)7-12/h5-7,10,17H,8-9,16H2,1-4H3. The van der Waals surface area contributed by atoms with E-state index in [1.54, 1.807) is 7.11 Å². The van der Waals surface area contributed by atoms with Crippen LogP contribution in [0.1, 0.15) is 19.4 Å². The Morgan fingerprint density at radius 1 is 1.44 bits per heavy atom. The van der Waals surface area contributed by atoms with Gasteiger partial charge in [0.2, 0.25) is 0 Å². The zero-order valence-corrected chi connectivity index (χ0v) is 12.3. The quantitative estimate of drug-likeness (QED) is 0.835. The third-order valence-corrected chi connectivity index (χ3v) is 3.84. The summed E-state index contributed by atoms with van der Waals surface area (Å²) in [6.07, 6.45) is 0. The van der Waals surface area contributed by atoms with E-state index < -0.39 is 0 Å². The number of methoxy groups -OCH3 is 1. The van der Waals surface area contributed by atoms with Gasteiger partial charge in [0.15, 0.2) is 0 Å². The maximum atomic E-state index is 6.14. The van der Waals surface area contributed by atoms with Crippen LogP contribution in [0.25, 0.3) is 0 Å². The zero-order valence-electron chi connectivity index (χ0n) is 11.6. The van der Waals surface area contributed by atoms with Crippen molar-refractivity contribution >= 4 is 17.3 Å². The molecular weight excluding hydrogens is 248 g/mol. The lowest BCUT2D eigenvalue weighted by atomic mass is 9.86. The van der Waals surface area contributed by atoms with Crippen molar-refractivity contribution in [1.82, 2.24) is 0 Å². The van der Waals surface area contributed by atoms with Crippen molar-refractivity contribution < 1.29 is 4.74 Å². The lowest BCUT2D eigenvalue weighted by Crippen LogP contribution is -2.53. The first-order chi connectivity index (χ1) is 8.45. The molecule has 0 saturated carbocycles. The minimum absolute atomic E-state index is 0.270. The zero-order chi connectivity index (χ0) is 13.8. The molecule has 0 saturated heterocycles. The molecule has 0 amide bonds. The van der Waals surface area contributed by atoms with Crippen LogP contribution in [0.15, 0.2) is 18.2 Å². The number of halogens is 1. The molecular formula is C14H23ClN2O. The SMILES string of the molecule is COCC(CN)(Nc1ccc(C)c(Cl)c1)C(C)C. The van der Waals surface area contributed by atoms with Gasteiger partial charge in [0.1, 0.15) is 0 Å². The second-order valence-electron chi connectivity index (χ2n) is 5.04. The Kier molecular flexibility index (Phi) is 5.45. The number of ether oxygens (including phenoxy) is 1. The van der Waals surface area contributed by atoms with Gasteiger partial charge in [-0.2, -0.15) is 0 Å². The number of nitrogens with one attached hydrogen (secondary N) is 1. The van der Waals surface area contributed by atoms with E-state index in [9.17, 15) is 0 Å². The molecule has 4 heteroatoms. The van der Waals surface area contributed by atoms with Crippen molar-refractivity contribution in [2.24, 2.45) is 11.7 Å². The Balaban J connectivity index is 2.98. The van der Waals surface area contributed by atoms with Crippen molar-refractivity contribution in [2.75, 3.05) is 25.6 Å². The van der Waals surface area contributed by atoms with Gasteiger partial charge in [-0.05, 0) is 30.5 Å². The van der Waals surface area contributed by atoms with Crippen LogP contribution in [0.5, 0.6) is 0 Å². The number of anilines is 1. The van der Waals surface area contributed by atoms with Crippen LogP contribution in [0.4, 0.5) is 5.69 Å². The van der Waals surface area contributed by atoms with Crippen molar-refractivity contribution in [3.05, 3.63) is 28.8 Å². The Morgan fingerprint density at radius 3 is 2.56 bits per heavy atom. The van der Waals surface area contributed by atoms with E-state index in [0.29, 0.717) is 19.1 Å². The van der Waals surface area contributed by atoms with E-state index in [0.717, 1.165) is 16.3 Å². The summed E-state index contributed by atoms with van der Waals surface area (Å²) in [5, 5.41) is 4.23. The topological polar surface area (TPSA) is 47.3 Å². The van der Waals surface area contributed by atoms with E-state index in [4.69, 9.17) is 22.1 Å². The van der Waals surface area contributed by atoms with Crippen LogP contribution in [0.2, 0.25) is 5.02 Å². The summed E-state index contributed by atoms with van der Waals surface area (Å²) < 4.78 is 5.31. The predicted molar refractivity (Wildman–Crippen MR) is 78.3 cm³/mol. The molecule has 0 radical (unpaired) electrons. The molecule has 3 N–H and O–H groups in total. The average Bonchev–Trinajstić information content (AvgIpc) is 2.33. The van der Waals surface area contributed by atoms with Gasteiger partial charge in [-0.1, -0.05) is 31.5 Å². The van der Waals surface area contributed by atoms with Crippen LogP contribution in [0.3, 0.4) is 0 Å². The van der Waals surface area contributed by atoms with Crippen molar-refractivity contribution in [3.8, 4) is 0 Å². The fourth-order valence-electron chi connectivity index (χ4n) is 1.91. The maximum absolute atomic E-state index is 6.14. The van der Waals surface area contributed by atoms with E-state index in [2.05, 4.69) is 19.2 Å². The van der Waals surface area contributed by atoms with Gasteiger partial charge >= 0.3 is 0 Å². The molecule has 0 aliphatic carbocycles. The van der Waals surface area contributed by atoms with Gasteiger partial charge in [0.25, 0.3) is 0 Å². The van der Waals surface area contributed by atoms with Gasteiger partial charge in [0.05, 0.1) is 12.1 Å². The highest BCUT2D eigenvalue weighted by atomic mass is 35.5. The summed E-state index contributed by atoms with van der Waals surface area (Å²) in [5.41, 5.74) is 7.70. The molecule has 0 aliphatic heterocycles. The molecule has 0 heterocycles. The number of benzene rings is 1. The molecule has 1 rings (SSSR count). The fourth-order valence-corrected chi connectivity index (χ4v) is 2.09. The maximum Gasteiger partial charge on any atom is 0.0751 e. The first-order valence-corrected chi connectivity index (χ1v) is 6.56. The van der Waals surface area contributed by atoms with Gasteiger partial charge < -0.3 is 15.8 Å². The second-order valence-corrected chi connectivity index (χ2v) is 5.44. The fraction of sp³-hybridized carbons (Fsp3) is 0.571. The number of rotatable bonds is 6. The summed E-state index contributed by atoms with van der Waals surface area (Å²) in [5.74, 6) is 0.350. The third-order valence-electron chi connectivity index (χ3n) is 3.44. The number of hydrogen-bond donors (Lipinski definition) is 2. The van der Waals surface area contributed by atoms with E-state index in [1.165, 1.54) is 0 Å². The summed E-state index contributed by atoms with van der Waals surface area (Å²) in [6, 6.07) is 5.95. The van der Waals surface area contributed by atoms with Crippen LogP contribution in [-0.2, 0) is 4.74 Å². The molecule has 0 bridgehead atoms. The lowest BCUT2D eigenvalue weighted by Gasteiger charge is -2.38. The Labute approximate surface area is 115 Å². The molecule has 102 valence electrons. The minimum atomic E-state index is -0.270. The van der Waals surface area contributed by atoms with Crippen LogP contribution in [0, 0.1) is 12.8 Å². The Morgan fingerprint density at radius 2 is 2.11 bits per heavy atom. The summed E-state index contributed by atoms with van der Waals surface area (Å²) in [7, 11) is 1.69. The predicted octanol–water partition coefficient (Wildman–Crippen LogP) is 3.06. The smallest absolute Gasteiger partial charge is 0.0751 e. The number of nitrogens with two attached hydrogens (primary N) is 1.